The molecule has 0 aliphatic carbocycles. The summed E-state index contributed by atoms with van der Waals surface area (Å²) in [5, 5.41) is 0.894. The van der Waals surface area contributed by atoms with E-state index in [1.54, 1.807) is 13.8 Å². The smallest absolute Gasteiger partial charge is 0.147 e. The Morgan fingerprint density at radius 1 is 1.07 bits per heavy atom. The highest BCUT2D eigenvalue weighted by atomic mass is 19.1. The monoisotopic (exact) mass is 205 g/mol. The van der Waals surface area contributed by atoms with E-state index < -0.39 is 0 Å². The lowest BCUT2D eigenvalue weighted by molar-refractivity contribution is 0.604. The molecule has 1 nitrogen and oxygen atoms in total. The number of aryl methyl sites for hydroxylation is 2. The molecule has 0 radical (unpaired) electrons. The Kier molecular flexibility index (Phi) is 3.78. The molecule has 0 saturated carbocycles. The second-order valence-corrected chi connectivity index (χ2v) is 3.15. The van der Waals surface area contributed by atoms with Gasteiger partial charge in [0.05, 0.1) is 11.2 Å². The lowest BCUT2D eigenvalue weighted by Crippen LogP contribution is -1.93. The van der Waals surface area contributed by atoms with Crippen LogP contribution in [0.25, 0.3) is 10.9 Å². The molecule has 2 heteroatoms. The third-order valence-electron chi connectivity index (χ3n) is 2.24. The molecule has 2 aromatic rings. The molecule has 2 rings (SSSR count). The van der Waals surface area contributed by atoms with Crippen LogP contribution in [-0.4, -0.2) is 4.98 Å². The van der Waals surface area contributed by atoms with E-state index in [4.69, 9.17) is 0 Å². The van der Waals surface area contributed by atoms with Gasteiger partial charge in [-0.05, 0) is 25.5 Å². The lowest BCUT2D eigenvalue weighted by atomic mass is 10.1. The quantitative estimate of drug-likeness (QED) is 0.633. The largest absolute Gasteiger partial charge is 0.250 e. The maximum absolute atomic E-state index is 13.4. The van der Waals surface area contributed by atoms with Crippen LogP contribution in [0.15, 0.2) is 24.3 Å². The molecule has 0 bridgehead atoms. The molecule has 80 valence electrons. The fourth-order valence-corrected chi connectivity index (χ4v) is 1.51. The minimum Gasteiger partial charge on any atom is -0.250 e. The number of fused-ring (bicyclic) bond motifs is 1. The predicted octanol–water partition coefficient (Wildman–Crippen LogP) is 4.02. The van der Waals surface area contributed by atoms with Crippen molar-refractivity contribution in [2.45, 2.75) is 27.7 Å². The second kappa shape index (κ2) is 4.87. The summed E-state index contributed by atoms with van der Waals surface area (Å²) in [6, 6.07) is 7.59. The van der Waals surface area contributed by atoms with E-state index in [-0.39, 0.29) is 5.82 Å². The molecule has 0 unspecified atom stereocenters. The van der Waals surface area contributed by atoms with Crippen LogP contribution in [0.2, 0.25) is 0 Å². The van der Waals surface area contributed by atoms with Crippen LogP contribution in [0.4, 0.5) is 4.39 Å². The molecule has 1 aromatic heterocycles. The first-order chi connectivity index (χ1) is 7.20. The molecule has 0 aliphatic heterocycles. The lowest BCUT2D eigenvalue weighted by Gasteiger charge is -2.04. The molecule has 0 aliphatic rings. The number of para-hydroxylation sites is 1. The Labute approximate surface area is 90.0 Å². The van der Waals surface area contributed by atoms with Crippen molar-refractivity contribution in [3.8, 4) is 0 Å². The second-order valence-electron chi connectivity index (χ2n) is 3.15. The molecular weight excluding hydrogens is 189 g/mol. The summed E-state index contributed by atoms with van der Waals surface area (Å²) in [5.41, 5.74) is 2.01. The van der Waals surface area contributed by atoms with Crippen molar-refractivity contribution in [3.05, 3.63) is 41.3 Å². The van der Waals surface area contributed by atoms with Crippen molar-refractivity contribution in [2.24, 2.45) is 0 Å². The molecule has 0 spiro atoms. The third-order valence-corrected chi connectivity index (χ3v) is 2.24. The number of hydrogen-bond donors (Lipinski definition) is 0. The predicted molar refractivity (Wildman–Crippen MR) is 62.5 cm³/mol. The summed E-state index contributed by atoms with van der Waals surface area (Å²) < 4.78 is 13.4. The van der Waals surface area contributed by atoms with Gasteiger partial charge in [0.2, 0.25) is 0 Å². The molecule has 0 atom stereocenters. The molecule has 1 heterocycles. The number of pyridine rings is 1. The minimum atomic E-state index is -0.196. The van der Waals surface area contributed by atoms with Gasteiger partial charge in [-0.15, -0.1) is 0 Å². The average Bonchev–Trinajstić information content (AvgIpc) is 2.29. The summed E-state index contributed by atoms with van der Waals surface area (Å²) in [5.74, 6) is -0.196. The standard InChI is InChI=1S/C11H10FN.C2H6/c1-7-9-5-3-4-6-10(9)13-8(2)11(7)12;1-2/h3-6H,1-2H3;1-2H3. The molecule has 0 saturated heterocycles. The molecular formula is C13H16FN. The number of halogens is 1. The molecule has 1 aromatic carbocycles. The zero-order valence-corrected chi connectivity index (χ0v) is 9.63. The zero-order chi connectivity index (χ0) is 11.4. The Morgan fingerprint density at radius 3 is 2.33 bits per heavy atom. The van der Waals surface area contributed by atoms with E-state index in [2.05, 4.69) is 4.98 Å². The van der Waals surface area contributed by atoms with Crippen molar-refractivity contribution < 1.29 is 4.39 Å². The Balaban J connectivity index is 0.000000531. The number of benzene rings is 1. The average molecular weight is 205 g/mol. The highest BCUT2D eigenvalue weighted by molar-refractivity contribution is 5.82. The van der Waals surface area contributed by atoms with Gasteiger partial charge in [0.1, 0.15) is 5.82 Å². The number of rotatable bonds is 0. The van der Waals surface area contributed by atoms with E-state index in [0.29, 0.717) is 11.3 Å². The summed E-state index contributed by atoms with van der Waals surface area (Å²) in [7, 11) is 0. The van der Waals surface area contributed by atoms with Crippen LogP contribution in [0, 0.1) is 19.7 Å². The first-order valence-corrected chi connectivity index (χ1v) is 5.21. The summed E-state index contributed by atoms with van der Waals surface area (Å²) in [6.45, 7) is 7.47. The Hall–Kier alpha value is -1.44. The zero-order valence-electron chi connectivity index (χ0n) is 9.63. The highest BCUT2D eigenvalue weighted by Crippen LogP contribution is 2.20. The van der Waals surface area contributed by atoms with Gasteiger partial charge in [-0.3, -0.25) is 4.98 Å². The van der Waals surface area contributed by atoms with Crippen LogP contribution in [-0.2, 0) is 0 Å². The molecule has 0 fully saturated rings. The van der Waals surface area contributed by atoms with Gasteiger partial charge in [-0.1, -0.05) is 32.0 Å². The first kappa shape index (κ1) is 11.6. The summed E-state index contributed by atoms with van der Waals surface area (Å²) >= 11 is 0. The molecule has 15 heavy (non-hydrogen) atoms. The minimum absolute atomic E-state index is 0.196. The van der Waals surface area contributed by atoms with Gasteiger partial charge in [-0.25, -0.2) is 4.39 Å². The third kappa shape index (κ3) is 2.14. The van der Waals surface area contributed by atoms with E-state index in [9.17, 15) is 4.39 Å². The fraction of sp³-hybridized carbons (Fsp3) is 0.308. The van der Waals surface area contributed by atoms with Gasteiger partial charge in [0.15, 0.2) is 0 Å². The van der Waals surface area contributed by atoms with Crippen LogP contribution in [0.5, 0.6) is 0 Å². The topological polar surface area (TPSA) is 12.9 Å². The van der Waals surface area contributed by atoms with E-state index in [1.165, 1.54) is 0 Å². The Morgan fingerprint density at radius 2 is 1.67 bits per heavy atom. The van der Waals surface area contributed by atoms with Crippen molar-refractivity contribution >= 4 is 10.9 Å². The van der Waals surface area contributed by atoms with Gasteiger partial charge in [0.25, 0.3) is 0 Å². The van der Waals surface area contributed by atoms with E-state index in [1.807, 2.05) is 38.1 Å². The maximum Gasteiger partial charge on any atom is 0.147 e. The van der Waals surface area contributed by atoms with Crippen molar-refractivity contribution in [2.75, 3.05) is 0 Å². The van der Waals surface area contributed by atoms with E-state index in [0.717, 1.165) is 10.9 Å². The number of hydrogen-bond acceptors (Lipinski definition) is 1. The van der Waals surface area contributed by atoms with Crippen molar-refractivity contribution in [1.82, 2.24) is 4.98 Å². The van der Waals surface area contributed by atoms with Crippen LogP contribution < -0.4 is 0 Å². The van der Waals surface area contributed by atoms with E-state index >= 15 is 0 Å². The van der Waals surface area contributed by atoms with Crippen molar-refractivity contribution in [1.29, 1.82) is 0 Å². The Bertz CT molecular complexity index is 463. The van der Waals surface area contributed by atoms with Crippen LogP contribution >= 0.6 is 0 Å². The molecule has 0 N–H and O–H groups in total. The van der Waals surface area contributed by atoms with Crippen LogP contribution in [0.1, 0.15) is 25.1 Å². The number of aromatic nitrogens is 1. The first-order valence-electron chi connectivity index (χ1n) is 5.21. The van der Waals surface area contributed by atoms with Gasteiger partial charge in [-0.2, -0.15) is 0 Å². The fourth-order valence-electron chi connectivity index (χ4n) is 1.51. The number of nitrogens with zero attached hydrogens (tertiary/aromatic N) is 1. The molecule has 0 amide bonds. The van der Waals surface area contributed by atoms with Crippen LogP contribution in [0.3, 0.4) is 0 Å². The van der Waals surface area contributed by atoms with Crippen molar-refractivity contribution in [3.63, 3.8) is 0 Å². The SMILES string of the molecule is CC.Cc1nc2ccccc2c(C)c1F. The highest BCUT2D eigenvalue weighted by Gasteiger charge is 2.06. The summed E-state index contributed by atoms with van der Waals surface area (Å²) in [4.78, 5) is 4.16. The van der Waals surface area contributed by atoms with Gasteiger partial charge in [0, 0.05) is 5.39 Å². The van der Waals surface area contributed by atoms with Gasteiger partial charge >= 0.3 is 0 Å². The maximum atomic E-state index is 13.4. The van der Waals surface area contributed by atoms with Gasteiger partial charge < -0.3 is 0 Å². The normalized spacial score (nSPS) is 9.67. The summed E-state index contributed by atoms with van der Waals surface area (Å²) in [6.07, 6.45) is 0.